The van der Waals surface area contributed by atoms with Crippen LogP contribution in [0.25, 0.3) is 0 Å². The first-order valence-corrected chi connectivity index (χ1v) is 10.6. The van der Waals surface area contributed by atoms with E-state index < -0.39 is 15.1 Å². The monoisotopic (exact) mass is 441 g/mol. The minimum atomic E-state index is -3.42. The van der Waals surface area contributed by atoms with Gasteiger partial charge >= 0.3 is 0 Å². The van der Waals surface area contributed by atoms with Crippen LogP contribution in [0.15, 0.2) is 57.9 Å². The lowest BCUT2D eigenvalue weighted by atomic mass is 10.1. The van der Waals surface area contributed by atoms with E-state index in [1.807, 2.05) is 24.3 Å². The molecule has 0 unspecified atom stereocenters. The van der Waals surface area contributed by atoms with Gasteiger partial charge in [0, 0.05) is 29.0 Å². The summed E-state index contributed by atoms with van der Waals surface area (Å²) in [5, 5.41) is -0.0440. The number of nitrogens with zero attached hydrogens (tertiary/aromatic N) is 1. The van der Waals surface area contributed by atoms with E-state index in [-0.39, 0.29) is 23.9 Å². The van der Waals surface area contributed by atoms with Gasteiger partial charge in [0.05, 0.1) is 4.90 Å². The molecule has 0 aromatic heterocycles. The van der Waals surface area contributed by atoms with Crippen molar-refractivity contribution in [2.75, 3.05) is 13.1 Å². The Balaban J connectivity index is 1.55. The molecule has 1 fully saturated rings. The summed E-state index contributed by atoms with van der Waals surface area (Å²) in [4.78, 5) is 14.1. The zero-order chi connectivity index (χ0) is 18.0. The number of likely N-dealkylation sites (tertiary alicyclic amines) is 1. The normalized spacial score (nSPS) is 15.0. The third-order valence-electron chi connectivity index (χ3n) is 4.35. The molecule has 7 heteroatoms. The zero-order valence-electron chi connectivity index (χ0n) is 13.4. The number of halogens is 2. The van der Waals surface area contributed by atoms with Gasteiger partial charge in [-0.25, -0.2) is 8.42 Å². The number of hydrogen-bond donors (Lipinski definition) is 0. The minimum Gasteiger partial charge on any atom is -0.340 e. The van der Waals surface area contributed by atoms with Crippen LogP contribution in [0.5, 0.6) is 0 Å². The van der Waals surface area contributed by atoms with Gasteiger partial charge < -0.3 is 4.90 Å². The van der Waals surface area contributed by atoms with Crippen molar-refractivity contribution in [3.63, 3.8) is 0 Å². The fraction of sp³-hybridized carbons (Fsp3) is 0.278. The van der Waals surface area contributed by atoms with E-state index in [9.17, 15) is 13.2 Å². The SMILES string of the molecule is O=C(CCc1ccccc1Br)N1CC(S(=O)(=O)c2ccc(Cl)cc2)C1. The molecule has 1 amide bonds. The summed E-state index contributed by atoms with van der Waals surface area (Å²) in [6, 6.07) is 13.9. The molecule has 1 aliphatic rings. The van der Waals surface area contributed by atoms with Crippen LogP contribution in [0.3, 0.4) is 0 Å². The molecule has 2 aromatic carbocycles. The molecule has 0 radical (unpaired) electrons. The Morgan fingerprint density at radius 1 is 1.12 bits per heavy atom. The third kappa shape index (κ3) is 4.07. The lowest BCUT2D eigenvalue weighted by Crippen LogP contribution is -2.56. The number of aryl methyl sites for hydroxylation is 1. The maximum absolute atomic E-state index is 12.5. The summed E-state index contributed by atoms with van der Waals surface area (Å²) < 4.78 is 26.0. The summed E-state index contributed by atoms with van der Waals surface area (Å²) in [5.41, 5.74) is 1.07. The fourth-order valence-electron chi connectivity index (χ4n) is 2.76. The maximum Gasteiger partial charge on any atom is 0.222 e. The highest BCUT2D eigenvalue weighted by Crippen LogP contribution is 2.26. The lowest BCUT2D eigenvalue weighted by molar-refractivity contribution is -0.134. The van der Waals surface area contributed by atoms with Crippen molar-refractivity contribution in [1.82, 2.24) is 4.90 Å². The highest BCUT2D eigenvalue weighted by Gasteiger charge is 2.40. The highest BCUT2D eigenvalue weighted by molar-refractivity contribution is 9.10. The van der Waals surface area contributed by atoms with Crippen molar-refractivity contribution in [2.24, 2.45) is 0 Å². The van der Waals surface area contributed by atoms with Gasteiger partial charge in [0.15, 0.2) is 9.84 Å². The smallest absolute Gasteiger partial charge is 0.222 e. The number of carbonyl (C=O) groups is 1. The molecule has 1 aliphatic heterocycles. The predicted molar refractivity (Wildman–Crippen MR) is 101 cm³/mol. The van der Waals surface area contributed by atoms with Crippen LogP contribution >= 0.6 is 27.5 Å². The van der Waals surface area contributed by atoms with E-state index >= 15 is 0 Å². The molecular formula is C18H17BrClNO3S. The van der Waals surface area contributed by atoms with E-state index in [1.54, 1.807) is 17.0 Å². The highest BCUT2D eigenvalue weighted by atomic mass is 79.9. The molecule has 3 rings (SSSR count). The number of benzene rings is 2. The van der Waals surface area contributed by atoms with Crippen LogP contribution < -0.4 is 0 Å². The van der Waals surface area contributed by atoms with Crippen LogP contribution in [0, 0.1) is 0 Å². The van der Waals surface area contributed by atoms with Gasteiger partial charge in [0.2, 0.25) is 5.91 Å². The summed E-state index contributed by atoms with van der Waals surface area (Å²) >= 11 is 9.27. The van der Waals surface area contributed by atoms with E-state index in [0.29, 0.717) is 17.9 Å². The van der Waals surface area contributed by atoms with E-state index in [2.05, 4.69) is 15.9 Å². The quantitative estimate of drug-likeness (QED) is 0.709. The number of hydrogen-bond acceptors (Lipinski definition) is 3. The van der Waals surface area contributed by atoms with Crippen LogP contribution in [0.1, 0.15) is 12.0 Å². The summed E-state index contributed by atoms with van der Waals surface area (Å²) in [6.07, 6.45) is 1.00. The first kappa shape index (κ1) is 18.4. The van der Waals surface area contributed by atoms with E-state index in [4.69, 9.17) is 11.6 Å². The van der Waals surface area contributed by atoms with Crippen LogP contribution in [0.2, 0.25) is 5.02 Å². The van der Waals surface area contributed by atoms with Crippen molar-refractivity contribution >= 4 is 43.3 Å². The van der Waals surface area contributed by atoms with Crippen molar-refractivity contribution in [3.8, 4) is 0 Å². The van der Waals surface area contributed by atoms with Gasteiger partial charge in [0.25, 0.3) is 0 Å². The van der Waals surface area contributed by atoms with Gasteiger partial charge in [-0.15, -0.1) is 0 Å². The Morgan fingerprint density at radius 3 is 2.40 bits per heavy atom. The van der Waals surface area contributed by atoms with Gasteiger partial charge in [-0.3, -0.25) is 4.79 Å². The van der Waals surface area contributed by atoms with Crippen molar-refractivity contribution < 1.29 is 13.2 Å². The molecular weight excluding hydrogens is 426 g/mol. The molecule has 132 valence electrons. The van der Waals surface area contributed by atoms with Gasteiger partial charge in [-0.1, -0.05) is 45.7 Å². The van der Waals surface area contributed by atoms with Crippen LogP contribution in [-0.2, 0) is 21.1 Å². The van der Waals surface area contributed by atoms with Crippen molar-refractivity contribution in [1.29, 1.82) is 0 Å². The number of sulfone groups is 1. The zero-order valence-corrected chi connectivity index (χ0v) is 16.5. The maximum atomic E-state index is 12.5. The molecule has 4 nitrogen and oxygen atoms in total. The standard InChI is InChI=1S/C18H17BrClNO3S/c19-17-4-2-1-3-13(17)5-10-18(22)21-11-16(12-21)25(23,24)15-8-6-14(20)7-9-15/h1-4,6-9,16H,5,10-12H2. The van der Waals surface area contributed by atoms with E-state index in [1.165, 1.54) is 12.1 Å². The largest absolute Gasteiger partial charge is 0.340 e. The predicted octanol–water partition coefficient (Wildman–Crippen LogP) is 3.72. The molecule has 0 N–H and O–H groups in total. The second-order valence-electron chi connectivity index (χ2n) is 6.01. The Bertz CT molecular complexity index is 877. The minimum absolute atomic E-state index is 0.0155. The van der Waals surface area contributed by atoms with Crippen LogP contribution in [-0.4, -0.2) is 37.6 Å². The molecule has 0 bridgehead atoms. The second kappa shape index (κ2) is 7.48. The first-order chi connectivity index (χ1) is 11.9. The Hall–Kier alpha value is -1.37. The van der Waals surface area contributed by atoms with Gasteiger partial charge in [-0.2, -0.15) is 0 Å². The average Bonchev–Trinajstić information content (AvgIpc) is 2.53. The topological polar surface area (TPSA) is 54.5 Å². The van der Waals surface area contributed by atoms with Crippen molar-refractivity contribution in [3.05, 3.63) is 63.6 Å². The second-order valence-corrected chi connectivity index (χ2v) is 9.53. The lowest BCUT2D eigenvalue weighted by Gasteiger charge is -2.38. The molecule has 1 heterocycles. The van der Waals surface area contributed by atoms with Gasteiger partial charge in [-0.05, 0) is 42.3 Å². The molecule has 0 aliphatic carbocycles. The summed E-state index contributed by atoms with van der Waals surface area (Å²) in [7, 11) is -3.42. The molecule has 25 heavy (non-hydrogen) atoms. The number of amides is 1. The molecule has 2 aromatic rings. The molecule has 0 atom stereocenters. The fourth-order valence-corrected chi connectivity index (χ4v) is 5.02. The number of rotatable bonds is 5. The molecule has 0 spiro atoms. The third-order valence-corrected chi connectivity index (χ3v) is 7.48. The molecule has 1 saturated heterocycles. The number of carbonyl (C=O) groups excluding carboxylic acids is 1. The summed E-state index contributed by atoms with van der Waals surface area (Å²) in [6.45, 7) is 0.500. The average molecular weight is 443 g/mol. The van der Waals surface area contributed by atoms with Crippen LogP contribution in [0.4, 0.5) is 0 Å². The Morgan fingerprint density at radius 2 is 1.76 bits per heavy atom. The summed E-state index contributed by atoms with van der Waals surface area (Å²) in [5.74, 6) is -0.0155. The van der Waals surface area contributed by atoms with E-state index in [0.717, 1.165) is 10.0 Å². The Kier molecular flexibility index (Phi) is 5.51. The first-order valence-electron chi connectivity index (χ1n) is 7.88. The van der Waals surface area contributed by atoms with Crippen molar-refractivity contribution in [2.45, 2.75) is 23.0 Å². The molecule has 0 saturated carbocycles. The van der Waals surface area contributed by atoms with Gasteiger partial charge in [0.1, 0.15) is 5.25 Å². The Labute approximate surface area is 160 Å².